The number of methoxy groups -OCH3 is 1. The average Bonchev–Trinajstić information content (AvgIpc) is 2.72. The van der Waals surface area contributed by atoms with E-state index in [0.29, 0.717) is 11.1 Å². The maximum Gasteiger partial charge on any atom is 0.261 e. The van der Waals surface area contributed by atoms with E-state index in [4.69, 9.17) is 4.74 Å². The van der Waals surface area contributed by atoms with E-state index < -0.39 is 0 Å². The molecule has 0 unspecified atom stereocenters. The third kappa shape index (κ3) is 2.40. The number of hydrogen-bond donors (Lipinski definition) is 0. The highest BCUT2D eigenvalue weighted by atomic mass is 32.2. The van der Waals surface area contributed by atoms with Gasteiger partial charge in [-0.05, 0) is 36.4 Å². The van der Waals surface area contributed by atoms with E-state index in [-0.39, 0.29) is 11.8 Å². The van der Waals surface area contributed by atoms with Gasteiger partial charge >= 0.3 is 0 Å². The van der Waals surface area contributed by atoms with Gasteiger partial charge in [0.25, 0.3) is 11.8 Å². The minimum atomic E-state index is -0.247. The summed E-state index contributed by atoms with van der Waals surface area (Å²) in [6.45, 7) is 0. The number of ether oxygens (including phenoxy) is 1. The number of carbonyl (C=O) groups excluding carboxylic acids is 2. The van der Waals surface area contributed by atoms with E-state index in [1.807, 2.05) is 30.3 Å². The number of rotatable bonds is 3. The molecule has 5 heteroatoms. The predicted octanol–water partition coefficient (Wildman–Crippen LogP) is 3.07. The highest BCUT2D eigenvalue weighted by Gasteiger charge is 2.32. The first-order chi connectivity index (χ1) is 10.1. The van der Waals surface area contributed by atoms with Gasteiger partial charge in [-0.15, -0.1) is 0 Å². The van der Waals surface area contributed by atoms with Gasteiger partial charge in [-0.3, -0.25) is 14.5 Å². The Kier molecular flexibility index (Phi) is 3.43. The number of benzene rings is 2. The molecule has 0 aliphatic carbocycles. The van der Waals surface area contributed by atoms with Gasteiger partial charge in [-0.1, -0.05) is 17.8 Å². The summed E-state index contributed by atoms with van der Waals surface area (Å²) in [5.74, 6) is 0.295. The summed E-state index contributed by atoms with van der Waals surface area (Å²) in [7, 11) is 3.12. The summed E-state index contributed by atoms with van der Waals surface area (Å²) >= 11 is 1.53. The predicted molar refractivity (Wildman–Crippen MR) is 80.0 cm³/mol. The zero-order valence-electron chi connectivity index (χ0n) is 11.6. The number of carbonyl (C=O) groups is 2. The molecule has 0 aromatic heterocycles. The number of nitrogens with zero attached hydrogens (tertiary/aromatic N) is 1. The molecule has 0 spiro atoms. The van der Waals surface area contributed by atoms with Crippen LogP contribution in [0.1, 0.15) is 20.7 Å². The lowest BCUT2D eigenvalue weighted by molar-refractivity contribution is 0.0693. The second-order valence-corrected chi connectivity index (χ2v) is 5.80. The van der Waals surface area contributed by atoms with Gasteiger partial charge in [0, 0.05) is 16.8 Å². The monoisotopic (exact) mass is 299 g/mol. The van der Waals surface area contributed by atoms with Crippen LogP contribution in [0.5, 0.6) is 5.75 Å². The molecule has 2 amide bonds. The quantitative estimate of drug-likeness (QED) is 0.817. The summed E-state index contributed by atoms with van der Waals surface area (Å²) in [6, 6.07) is 13.0. The molecule has 4 nitrogen and oxygen atoms in total. The SMILES string of the molecule is COc1cccc(Sc2ccc3c(c2)C(=O)N(C)C3=O)c1. The van der Waals surface area contributed by atoms with Crippen LogP contribution >= 0.6 is 11.8 Å². The Hall–Kier alpha value is -2.27. The van der Waals surface area contributed by atoms with Gasteiger partial charge in [0.05, 0.1) is 18.2 Å². The molecule has 2 aromatic carbocycles. The molecule has 0 saturated carbocycles. The van der Waals surface area contributed by atoms with Crippen molar-refractivity contribution in [2.24, 2.45) is 0 Å². The van der Waals surface area contributed by atoms with Crippen LogP contribution in [0.15, 0.2) is 52.3 Å². The van der Waals surface area contributed by atoms with Crippen molar-refractivity contribution in [3.8, 4) is 5.75 Å². The van der Waals surface area contributed by atoms with Crippen LogP contribution in [0.2, 0.25) is 0 Å². The molecule has 0 saturated heterocycles. The third-order valence-electron chi connectivity index (χ3n) is 3.34. The molecule has 1 aliphatic rings. The Labute approximate surface area is 126 Å². The molecule has 0 atom stereocenters. The Morgan fingerprint density at radius 1 is 0.952 bits per heavy atom. The van der Waals surface area contributed by atoms with Gasteiger partial charge in [-0.25, -0.2) is 0 Å². The molecule has 3 rings (SSSR count). The fourth-order valence-corrected chi connectivity index (χ4v) is 3.11. The first kappa shape index (κ1) is 13.7. The van der Waals surface area contributed by atoms with Crippen LogP contribution in [0.3, 0.4) is 0 Å². The molecule has 1 heterocycles. The molecule has 2 aromatic rings. The summed E-state index contributed by atoms with van der Waals surface area (Å²) in [4.78, 5) is 26.9. The van der Waals surface area contributed by atoms with Gasteiger partial charge in [0.1, 0.15) is 5.75 Å². The van der Waals surface area contributed by atoms with Crippen molar-refractivity contribution in [2.75, 3.05) is 14.2 Å². The van der Waals surface area contributed by atoms with Gasteiger partial charge < -0.3 is 4.74 Å². The molecular formula is C16H13NO3S. The topological polar surface area (TPSA) is 46.6 Å². The Morgan fingerprint density at radius 3 is 2.43 bits per heavy atom. The van der Waals surface area contributed by atoms with Crippen LogP contribution in [0.25, 0.3) is 0 Å². The first-order valence-corrected chi connectivity index (χ1v) is 7.20. The maximum atomic E-state index is 12.0. The minimum Gasteiger partial charge on any atom is -0.497 e. The molecular weight excluding hydrogens is 286 g/mol. The normalized spacial score (nSPS) is 13.5. The zero-order chi connectivity index (χ0) is 15.0. The lowest BCUT2D eigenvalue weighted by Crippen LogP contribution is -2.24. The number of amides is 2. The lowest BCUT2D eigenvalue weighted by Gasteiger charge is -2.05. The van der Waals surface area contributed by atoms with Crippen LogP contribution in [-0.2, 0) is 0 Å². The lowest BCUT2D eigenvalue weighted by atomic mass is 10.1. The van der Waals surface area contributed by atoms with E-state index in [1.54, 1.807) is 19.2 Å². The van der Waals surface area contributed by atoms with Crippen LogP contribution in [-0.4, -0.2) is 30.9 Å². The largest absolute Gasteiger partial charge is 0.497 e. The van der Waals surface area contributed by atoms with E-state index in [1.165, 1.54) is 18.8 Å². The number of imide groups is 1. The molecule has 106 valence electrons. The van der Waals surface area contributed by atoms with Crippen molar-refractivity contribution < 1.29 is 14.3 Å². The van der Waals surface area contributed by atoms with Crippen molar-refractivity contribution in [3.05, 3.63) is 53.6 Å². The summed E-state index contributed by atoms with van der Waals surface area (Å²) in [6.07, 6.45) is 0. The van der Waals surface area contributed by atoms with Gasteiger partial charge in [-0.2, -0.15) is 0 Å². The fraction of sp³-hybridized carbons (Fsp3) is 0.125. The van der Waals surface area contributed by atoms with Crippen molar-refractivity contribution in [2.45, 2.75) is 9.79 Å². The second kappa shape index (κ2) is 5.26. The third-order valence-corrected chi connectivity index (χ3v) is 4.32. The Balaban J connectivity index is 1.92. The molecule has 1 aliphatic heterocycles. The maximum absolute atomic E-state index is 12.0. The molecule has 0 fully saturated rings. The minimum absolute atomic E-state index is 0.243. The summed E-state index contributed by atoms with van der Waals surface area (Å²) < 4.78 is 5.19. The van der Waals surface area contributed by atoms with Crippen molar-refractivity contribution >= 4 is 23.6 Å². The van der Waals surface area contributed by atoms with Crippen molar-refractivity contribution in [3.63, 3.8) is 0 Å². The molecule has 21 heavy (non-hydrogen) atoms. The molecule has 0 bridgehead atoms. The smallest absolute Gasteiger partial charge is 0.261 e. The van der Waals surface area contributed by atoms with Gasteiger partial charge in [0.2, 0.25) is 0 Å². The molecule has 0 radical (unpaired) electrons. The second-order valence-electron chi connectivity index (χ2n) is 4.66. The highest BCUT2D eigenvalue weighted by Crippen LogP contribution is 2.33. The van der Waals surface area contributed by atoms with E-state index in [0.717, 1.165) is 20.4 Å². The van der Waals surface area contributed by atoms with Crippen molar-refractivity contribution in [1.82, 2.24) is 4.90 Å². The van der Waals surface area contributed by atoms with Gasteiger partial charge in [0.15, 0.2) is 0 Å². The Bertz CT molecular complexity index is 742. The average molecular weight is 299 g/mol. The van der Waals surface area contributed by atoms with E-state index >= 15 is 0 Å². The van der Waals surface area contributed by atoms with Crippen LogP contribution in [0.4, 0.5) is 0 Å². The Morgan fingerprint density at radius 2 is 1.67 bits per heavy atom. The highest BCUT2D eigenvalue weighted by molar-refractivity contribution is 7.99. The van der Waals surface area contributed by atoms with Crippen LogP contribution in [0, 0.1) is 0 Å². The first-order valence-electron chi connectivity index (χ1n) is 6.38. The summed E-state index contributed by atoms with van der Waals surface area (Å²) in [5, 5.41) is 0. The van der Waals surface area contributed by atoms with E-state index in [9.17, 15) is 9.59 Å². The number of fused-ring (bicyclic) bond motifs is 1. The van der Waals surface area contributed by atoms with E-state index in [2.05, 4.69) is 0 Å². The fourth-order valence-electron chi connectivity index (χ4n) is 2.20. The number of hydrogen-bond acceptors (Lipinski definition) is 4. The zero-order valence-corrected chi connectivity index (χ0v) is 12.4. The standard InChI is InChI=1S/C16H13NO3S/c1-17-15(18)13-7-6-12(9-14(13)16(17)19)21-11-5-3-4-10(8-11)20-2/h3-9H,1-2H3. The molecule has 0 N–H and O–H groups in total. The van der Waals surface area contributed by atoms with Crippen molar-refractivity contribution in [1.29, 1.82) is 0 Å². The van der Waals surface area contributed by atoms with Crippen LogP contribution < -0.4 is 4.74 Å². The summed E-state index contributed by atoms with van der Waals surface area (Å²) in [5.41, 5.74) is 0.938.